The van der Waals surface area contributed by atoms with E-state index in [9.17, 15) is 19.0 Å². The van der Waals surface area contributed by atoms with E-state index in [-0.39, 0.29) is 38.6 Å². The topological polar surface area (TPSA) is 134 Å². The van der Waals surface area contributed by atoms with Crippen molar-refractivity contribution in [3.8, 4) is 0 Å². The Labute approximate surface area is 460 Å². The van der Waals surface area contributed by atoms with Gasteiger partial charge in [0.1, 0.15) is 6.61 Å². The van der Waals surface area contributed by atoms with Crippen LogP contribution in [0, 0.1) is 0 Å². The lowest BCUT2D eigenvalue weighted by Crippen LogP contribution is -2.29. The number of hydrogen-bond donors (Lipinski definition) is 2. The predicted octanol–water partition coefficient (Wildman–Crippen LogP) is 20.8. The summed E-state index contributed by atoms with van der Waals surface area (Å²) in [4.78, 5) is 35.2. The minimum Gasteiger partial charge on any atom is -0.462 e. The van der Waals surface area contributed by atoms with Gasteiger partial charge in [-0.1, -0.05) is 315 Å². The van der Waals surface area contributed by atoms with Crippen LogP contribution in [0.1, 0.15) is 354 Å². The number of ether oxygens (including phenoxy) is 2. The average Bonchev–Trinajstić information content (AvgIpc) is 3.39. The molecule has 0 bridgehead atoms. The molecule has 0 aromatic carbocycles. The van der Waals surface area contributed by atoms with E-state index in [1.54, 1.807) is 0 Å². The molecule has 0 fully saturated rings. The molecule has 0 amide bonds. The smallest absolute Gasteiger partial charge is 0.462 e. The molecule has 0 aromatic heterocycles. The number of phosphoric acid groups is 1. The molecule has 0 saturated carbocycles. The van der Waals surface area contributed by atoms with Crippen LogP contribution in [-0.4, -0.2) is 49.3 Å². The van der Waals surface area contributed by atoms with Gasteiger partial charge in [-0.25, -0.2) is 4.57 Å². The van der Waals surface area contributed by atoms with Crippen molar-refractivity contribution < 1.29 is 37.6 Å². The lowest BCUT2D eigenvalue weighted by molar-refractivity contribution is -0.161. The Bertz CT molecular complexity index is 1220. The van der Waals surface area contributed by atoms with Crippen molar-refractivity contribution in [2.45, 2.75) is 360 Å². The highest BCUT2D eigenvalue weighted by molar-refractivity contribution is 7.47. The molecule has 0 heterocycles. The number of rotatable bonds is 63. The minimum absolute atomic E-state index is 0.0560. The molecule has 0 radical (unpaired) electrons. The third-order valence-corrected chi connectivity index (χ3v) is 15.9. The van der Waals surface area contributed by atoms with Gasteiger partial charge in [0.05, 0.1) is 13.2 Å². The van der Waals surface area contributed by atoms with Crippen molar-refractivity contribution in [2.75, 3.05) is 26.4 Å². The van der Waals surface area contributed by atoms with E-state index in [0.29, 0.717) is 6.42 Å². The maximum atomic E-state index is 12.7. The second kappa shape index (κ2) is 61.0. The molecule has 0 aliphatic carbocycles. The van der Waals surface area contributed by atoms with Crippen molar-refractivity contribution in [3.05, 3.63) is 12.2 Å². The molecule has 0 aromatic rings. The zero-order chi connectivity index (χ0) is 53.8. The fourth-order valence-corrected chi connectivity index (χ4v) is 10.8. The number of carbonyl (C=O) groups is 2. The van der Waals surface area contributed by atoms with E-state index < -0.39 is 26.5 Å². The summed E-state index contributed by atoms with van der Waals surface area (Å²) in [5.74, 6) is -0.812. The normalized spacial score (nSPS) is 13.0. The van der Waals surface area contributed by atoms with E-state index >= 15 is 0 Å². The summed E-state index contributed by atoms with van der Waals surface area (Å²) < 4.78 is 33.1. The van der Waals surface area contributed by atoms with Crippen molar-refractivity contribution in [2.24, 2.45) is 5.73 Å². The summed E-state index contributed by atoms with van der Waals surface area (Å²) in [5, 5.41) is 0. The van der Waals surface area contributed by atoms with Gasteiger partial charge in [-0.05, 0) is 38.5 Å². The second-order valence-corrected chi connectivity index (χ2v) is 23.8. The van der Waals surface area contributed by atoms with Gasteiger partial charge in [0.25, 0.3) is 0 Å². The zero-order valence-corrected chi connectivity index (χ0v) is 50.3. The number of carbonyl (C=O) groups excluding carboxylic acids is 2. The highest BCUT2D eigenvalue weighted by Crippen LogP contribution is 2.43. The van der Waals surface area contributed by atoms with Crippen LogP contribution < -0.4 is 5.73 Å². The van der Waals surface area contributed by atoms with Gasteiger partial charge in [-0.15, -0.1) is 0 Å². The summed E-state index contributed by atoms with van der Waals surface area (Å²) >= 11 is 0. The monoisotopic (exact) mass is 1070 g/mol. The van der Waals surface area contributed by atoms with Crippen LogP contribution in [0.15, 0.2) is 12.2 Å². The fourth-order valence-electron chi connectivity index (χ4n) is 10.0. The Morgan fingerprint density at radius 3 is 0.959 bits per heavy atom. The Morgan fingerprint density at radius 1 is 0.392 bits per heavy atom. The Morgan fingerprint density at radius 2 is 0.662 bits per heavy atom. The third-order valence-electron chi connectivity index (χ3n) is 14.9. The van der Waals surface area contributed by atoms with Gasteiger partial charge >= 0.3 is 19.8 Å². The van der Waals surface area contributed by atoms with Gasteiger partial charge in [0.2, 0.25) is 0 Å². The molecule has 2 atom stereocenters. The average molecular weight is 1070 g/mol. The largest absolute Gasteiger partial charge is 0.472 e. The first-order valence-electron chi connectivity index (χ1n) is 32.7. The first-order chi connectivity index (χ1) is 36.3. The van der Waals surface area contributed by atoms with Crippen LogP contribution in [0.3, 0.4) is 0 Å². The lowest BCUT2D eigenvalue weighted by atomic mass is 10.0. The number of phosphoric ester groups is 1. The van der Waals surface area contributed by atoms with Crippen LogP contribution in [-0.2, 0) is 32.7 Å². The Balaban J connectivity index is 3.77. The summed E-state index contributed by atoms with van der Waals surface area (Å²) in [6, 6.07) is 0. The molecule has 9 nitrogen and oxygen atoms in total. The zero-order valence-electron chi connectivity index (χ0n) is 49.4. The number of allylic oxidation sites excluding steroid dienone is 2. The number of unbranched alkanes of at least 4 members (excludes halogenated alkanes) is 48. The molecular weight excluding hydrogens is 942 g/mol. The summed E-state index contributed by atoms with van der Waals surface area (Å²) in [7, 11) is -4.38. The maximum Gasteiger partial charge on any atom is 0.472 e. The molecule has 2 unspecified atom stereocenters. The highest BCUT2D eigenvalue weighted by atomic mass is 31.2. The fraction of sp³-hybridized carbons (Fsp3) is 0.938. The highest BCUT2D eigenvalue weighted by Gasteiger charge is 2.26. The summed E-state index contributed by atoms with van der Waals surface area (Å²) in [5.41, 5.74) is 5.39. The first kappa shape index (κ1) is 72.8. The van der Waals surface area contributed by atoms with Gasteiger partial charge < -0.3 is 20.1 Å². The molecule has 0 aliphatic heterocycles. The van der Waals surface area contributed by atoms with Crippen LogP contribution in [0.5, 0.6) is 0 Å². The third kappa shape index (κ3) is 60.0. The molecular formula is C64H126NO8P. The number of hydrogen-bond acceptors (Lipinski definition) is 8. The van der Waals surface area contributed by atoms with Crippen LogP contribution in [0.25, 0.3) is 0 Å². The Kier molecular flexibility index (Phi) is 59.9. The molecule has 74 heavy (non-hydrogen) atoms. The van der Waals surface area contributed by atoms with Crippen molar-refractivity contribution in [3.63, 3.8) is 0 Å². The molecule has 440 valence electrons. The van der Waals surface area contributed by atoms with E-state index in [4.69, 9.17) is 24.3 Å². The standard InChI is InChI=1S/C64H126NO8P/c1-3-5-7-9-11-13-15-17-19-21-23-24-25-26-27-28-29-30-31-32-33-34-35-36-37-38-39-41-42-44-46-48-50-52-54-56-63(66)70-60-62(61-72-74(68,69)71-59-58-65)73-64(67)57-55-53-51-49-47-45-43-40-22-20-18-16-14-12-10-8-6-4-2/h20,22,62H,3-19,21,23-61,65H2,1-2H3,(H,68,69)/b22-20-. The molecule has 10 heteroatoms. The van der Waals surface area contributed by atoms with E-state index in [2.05, 4.69) is 26.0 Å². The van der Waals surface area contributed by atoms with Crippen molar-refractivity contribution in [1.82, 2.24) is 0 Å². The van der Waals surface area contributed by atoms with E-state index in [1.807, 2.05) is 0 Å². The lowest BCUT2D eigenvalue weighted by Gasteiger charge is -2.19. The van der Waals surface area contributed by atoms with Crippen molar-refractivity contribution in [1.29, 1.82) is 0 Å². The van der Waals surface area contributed by atoms with Gasteiger partial charge in [-0.3, -0.25) is 18.6 Å². The number of nitrogens with two attached hydrogens (primary N) is 1. The predicted molar refractivity (Wildman–Crippen MR) is 317 cm³/mol. The van der Waals surface area contributed by atoms with Gasteiger partial charge in [-0.2, -0.15) is 0 Å². The Hall–Kier alpha value is -1.25. The van der Waals surface area contributed by atoms with Gasteiger partial charge in [0, 0.05) is 19.4 Å². The van der Waals surface area contributed by atoms with E-state index in [0.717, 1.165) is 44.9 Å². The molecule has 0 rings (SSSR count). The molecule has 3 N–H and O–H groups in total. The van der Waals surface area contributed by atoms with Crippen LogP contribution in [0.4, 0.5) is 0 Å². The van der Waals surface area contributed by atoms with Crippen LogP contribution >= 0.6 is 7.82 Å². The second-order valence-electron chi connectivity index (χ2n) is 22.3. The minimum atomic E-state index is -4.38. The molecule has 0 aliphatic rings. The molecule has 0 spiro atoms. The first-order valence-corrected chi connectivity index (χ1v) is 34.2. The summed E-state index contributed by atoms with van der Waals surface area (Å²) in [6.07, 6.45) is 71.7. The number of esters is 2. The van der Waals surface area contributed by atoms with E-state index in [1.165, 1.54) is 276 Å². The van der Waals surface area contributed by atoms with Crippen LogP contribution in [0.2, 0.25) is 0 Å². The van der Waals surface area contributed by atoms with Crippen molar-refractivity contribution >= 4 is 19.8 Å². The molecule has 0 saturated heterocycles. The SMILES string of the molecule is CCCCCCCCC/C=C\CCCCCCCCCC(=O)OC(COC(=O)CCCCCCCCCCCCCCCCCCCCCCCCCCCCCCCCCCCCC)COP(=O)(O)OCCN. The maximum absolute atomic E-state index is 12.7. The quantitative estimate of drug-likeness (QED) is 0.0264. The van der Waals surface area contributed by atoms with Gasteiger partial charge in [0.15, 0.2) is 6.10 Å². The summed E-state index contributed by atoms with van der Waals surface area (Å²) in [6.45, 7) is 3.81.